The van der Waals surface area contributed by atoms with E-state index < -0.39 is 11.6 Å². The largest absolute Gasteiger partial charge is 0.477 e. The number of fused-ring (bicyclic) bond motifs is 1. The topological polar surface area (TPSA) is 85.7 Å². The molecule has 1 saturated heterocycles. The third kappa shape index (κ3) is 4.64. The van der Waals surface area contributed by atoms with Crippen molar-refractivity contribution in [1.29, 1.82) is 5.26 Å². The SMILES string of the molecule is CC(C)C(C)(C#N)NC(=O)CN1CC(C(=O)N2CCCCC2)Oc2ccccc21. The summed E-state index contributed by atoms with van der Waals surface area (Å²) in [7, 11) is 0. The number of nitriles is 1. The molecule has 7 heteroatoms. The van der Waals surface area contributed by atoms with Gasteiger partial charge in [-0.2, -0.15) is 5.26 Å². The molecule has 1 fully saturated rings. The number of nitrogens with one attached hydrogen (secondary N) is 1. The fraction of sp³-hybridized carbons (Fsp3) is 0.591. The first-order chi connectivity index (χ1) is 13.8. The van der Waals surface area contributed by atoms with E-state index in [4.69, 9.17) is 4.74 Å². The summed E-state index contributed by atoms with van der Waals surface area (Å²) in [5, 5.41) is 12.3. The molecule has 0 aromatic heterocycles. The van der Waals surface area contributed by atoms with Gasteiger partial charge in [0.15, 0.2) is 6.10 Å². The average molecular weight is 399 g/mol. The highest BCUT2D eigenvalue weighted by atomic mass is 16.5. The molecule has 3 rings (SSSR count). The predicted molar refractivity (Wildman–Crippen MR) is 111 cm³/mol. The number of rotatable bonds is 5. The number of hydrogen-bond acceptors (Lipinski definition) is 5. The van der Waals surface area contributed by atoms with Crippen LogP contribution in [-0.2, 0) is 9.59 Å². The van der Waals surface area contributed by atoms with Gasteiger partial charge in [0.2, 0.25) is 5.91 Å². The second-order valence-electron chi connectivity index (χ2n) is 8.36. The van der Waals surface area contributed by atoms with E-state index in [9.17, 15) is 14.9 Å². The fourth-order valence-electron chi connectivity index (χ4n) is 3.71. The van der Waals surface area contributed by atoms with Crippen molar-refractivity contribution >= 4 is 17.5 Å². The van der Waals surface area contributed by atoms with E-state index in [0.29, 0.717) is 12.3 Å². The Morgan fingerprint density at radius 3 is 2.62 bits per heavy atom. The maximum atomic E-state index is 13.0. The number of amides is 2. The number of hydrogen-bond donors (Lipinski definition) is 1. The lowest BCUT2D eigenvalue weighted by Gasteiger charge is -2.38. The summed E-state index contributed by atoms with van der Waals surface area (Å²) >= 11 is 0. The normalized spacial score (nSPS) is 20.9. The standard InChI is InChI=1S/C22H30N4O3/c1-16(2)22(3,15-23)24-20(27)14-26-13-19(21(28)25-11-7-4-8-12-25)29-18-10-6-5-9-17(18)26/h5-6,9-10,16,19H,4,7-8,11-14H2,1-3H3,(H,24,27). The van der Waals surface area contributed by atoms with Gasteiger partial charge in [-0.15, -0.1) is 0 Å². The summed E-state index contributed by atoms with van der Waals surface area (Å²) in [5.74, 6) is 0.313. The summed E-state index contributed by atoms with van der Waals surface area (Å²) in [6.07, 6.45) is 2.55. The summed E-state index contributed by atoms with van der Waals surface area (Å²) < 4.78 is 6.00. The van der Waals surface area contributed by atoms with Gasteiger partial charge in [0, 0.05) is 13.1 Å². The van der Waals surface area contributed by atoms with Crippen LogP contribution in [0.15, 0.2) is 24.3 Å². The summed E-state index contributed by atoms with van der Waals surface area (Å²) in [4.78, 5) is 29.5. The lowest BCUT2D eigenvalue weighted by Crippen LogP contribution is -2.55. The molecular formula is C22H30N4O3. The van der Waals surface area contributed by atoms with Crippen LogP contribution >= 0.6 is 0 Å². The molecule has 1 aromatic carbocycles. The number of anilines is 1. The van der Waals surface area contributed by atoms with Gasteiger partial charge in [0.25, 0.3) is 5.91 Å². The lowest BCUT2D eigenvalue weighted by atomic mass is 9.90. The third-order valence-corrected chi connectivity index (χ3v) is 5.93. The third-order valence-electron chi connectivity index (χ3n) is 5.93. The van der Waals surface area contributed by atoms with Crippen LogP contribution in [0, 0.1) is 17.2 Å². The number of para-hydroxylation sites is 2. The van der Waals surface area contributed by atoms with E-state index in [1.54, 1.807) is 6.92 Å². The minimum atomic E-state index is -0.939. The number of carbonyl (C=O) groups is 2. The fourth-order valence-corrected chi connectivity index (χ4v) is 3.71. The van der Waals surface area contributed by atoms with Gasteiger partial charge < -0.3 is 19.9 Å². The van der Waals surface area contributed by atoms with Crippen molar-refractivity contribution in [2.24, 2.45) is 5.92 Å². The molecule has 2 amide bonds. The number of piperidine rings is 1. The molecule has 1 N–H and O–H groups in total. The molecular weight excluding hydrogens is 368 g/mol. The summed E-state index contributed by atoms with van der Waals surface area (Å²) in [6, 6.07) is 9.65. The number of nitrogens with zero attached hydrogens (tertiary/aromatic N) is 3. The first-order valence-corrected chi connectivity index (χ1v) is 10.4. The maximum absolute atomic E-state index is 13.0. The molecule has 1 aromatic rings. The van der Waals surface area contributed by atoms with Crippen LogP contribution in [0.2, 0.25) is 0 Å². The molecule has 0 saturated carbocycles. The van der Waals surface area contributed by atoms with Gasteiger partial charge in [-0.3, -0.25) is 9.59 Å². The molecule has 0 aliphatic carbocycles. The molecule has 2 atom stereocenters. The molecule has 0 bridgehead atoms. The zero-order valence-corrected chi connectivity index (χ0v) is 17.5. The summed E-state index contributed by atoms with van der Waals surface area (Å²) in [6.45, 7) is 7.43. The van der Waals surface area contributed by atoms with E-state index >= 15 is 0 Å². The average Bonchev–Trinajstić information content (AvgIpc) is 2.73. The number of benzene rings is 1. The highest BCUT2D eigenvalue weighted by Crippen LogP contribution is 2.33. The predicted octanol–water partition coefficient (Wildman–Crippen LogP) is 2.32. The Morgan fingerprint density at radius 1 is 1.28 bits per heavy atom. The van der Waals surface area contributed by atoms with Crippen LogP contribution in [0.1, 0.15) is 40.0 Å². The molecule has 2 heterocycles. The molecule has 0 spiro atoms. The van der Waals surface area contributed by atoms with Gasteiger partial charge in [0.1, 0.15) is 11.3 Å². The van der Waals surface area contributed by atoms with Crippen LogP contribution in [0.4, 0.5) is 5.69 Å². The van der Waals surface area contributed by atoms with Crippen LogP contribution in [-0.4, -0.2) is 54.5 Å². The monoisotopic (exact) mass is 398 g/mol. The number of likely N-dealkylation sites (tertiary alicyclic amines) is 1. The Bertz CT molecular complexity index is 797. The van der Waals surface area contributed by atoms with E-state index in [1.807, 2.05) is 47.9 Å². The van der Waals surface area contributed by atoms with Gasteiger partial charge >= 0.3 is 0 Å². The van der Waals surface area contributed by atoms with Crippen molar-refractivity contribution in [2.45, 2.75) is 51.7 Å². The lowest BCUT2D eigenvalue weighted by molar-refractivity contribution is -0.139. The van der Waals surface area contributed by atoms with Crippen molar-refractivity contribution in [3.63, 3.8) is 0 Å². The van der Waals surface area contributed by atoms with Crippen molar-refractivity contribution in [3.05, 3.63) is 24.3 Å². The Hall–Kier alpha value is -2.75. The Morgan fingerprint density at radius 2 is 1.97 bits per heavy atom. The molecule has 156 valence electrons. The summed E-state index contributed by atoms with van der Waals surface area (Å²) in [5.41, 5.74) is -0.153. The Balaban J connectivity index is 1.75. The molecule has 29 heavy (non-hydrogen) atoms. The van der Waals surface area contributed by atoms with Crippen molar-refractivity contribution < 1.29 is 14.3 Å². The zero-order valence-electron chi connectivity index (χ0n) is 17.5. The molecule has 2 aliphatic rings. The number of carbonyl (C=O) groups excluding carboxylic acids is 2. The van der Waals surface area contributed by atoms with Crippen molar-refractivity contribution in [2.75, 3.05) is 31.1 Å². The van der Waals surface area contributed by atoms with Crippen LogP contribution in [0.3, 0.4) is 0 Å². The molecule has 0 radical (unpaired) electrons. The van der Waals surface area contributed by atoms with Gasteiger partial charge in [-0.05, 0) is 44.2 Å². The second kappa shape index (κ2) is 8.73. The highest BCUT2D eigenvalue weighted by molar-refractivity contribution is 5.86. The smallest absolute Gasteiger partial charge is 0.265 e. The van der Waals surface area contributed by atoms with Crippen molar-refractivity contribution in [1.82, 2.24) is 10.2 Å². The number of ether oxygens (including phenoxy) is 1. The molecule has 7 nitrogen and oxygen atoms in total. The zero-order chi connectivity index (χ0) is 21.0. The van der Waals surface area contributed by atoms with Gasteiger partial charge in [-0.1, -0.05) is 26.0 Å². The molecule has 2 aliphatic heterocycles. The minimum absolute atomic E-state index is 0.0198. The van der Waals surface area contributed by atoms with Crippen molar-refractivity contribution in [3.8, 4) is 11.8 Å². The van der Waals surface area contributed by atoms with E-state index in [1.165, 1.54) is 0 Å². The van der Waals surface area contributed by atoms with E-state index in [0.717, 1.165) is 38.0 Å². The maximum Gasteiger partial charge on any atom is 0.265 e. The molecule has 2 unspecified atom stereocenters. The highest BCUT2D eigenvalue weighted by Gasteiger charge is 2.36. The van der Waals surface area contributed by atoms with E-state index in [2.05, 4.69) is 11.4 Å². The van der Waals surface area contributed by atoms with Crippen LogP contribution in [0.5, 0.6) is 5.75 Å². The first-order valence-electron chi connectivity index (χ1n) is 10.4. The Labute approximate surface area is 172 Å². The van der Waals surface area contributed by atoms with Gasteiger partial charge in [-0.25, -0.2) is 0 Å². The van der Waals surface area contributed by atoms with Crippen LogP contribution in [0.25, 0.3) is 0 Å². The first kappa shape index (κ1) is 21.0. The van der Waals surface area contributed by atoms with Gasteiger partial charge in [0.05, 0.1) is 24.8 Å². The minimum Gasteiger partial charge on any atom is -0.477 e. The quantitative estimate of drug-likeness (QED) is 0.823. The second-order valence-corrected chi connectivity index (χ2v) is 8.36. The van der Waals surface area contributed by atoms with E-state index in [-0.39, 0.29) is 24.3 Å². The van der Waals surface area contributed by atoms with Crippen LogP contribution < -0.4 is 15.0 Å². The Kier molecular flexibility index (Phi) is 6.31.